The van der Waals surface area contributed by atoms with Crippen LogP contribution in [0.15, 0.2) is 18.2 Å². The first kappa shape index (κ1) is 24.6. The summed E-state index contributed by atoms with van der Waals surface area (Å²) in [5.41, 5.74) is 6.64. The highest BCUT2D eigenvalue weighted by atomic mass is 35.5. The van der Waals surface area contributed by atoms with Crippen molar-refractivity contribution >= 4 is 42.4 Å². The number of carbonyl (C=O) groups is 2. The number of nitrogens with two attached hydrogens (primary N) is 1. The van der Waals surface area contributed by atoms with Crippen molar-refractivity contribution < 1.29 is 9.59 Å². The van der Waals surface area contributed by atoms with Crippen LogP contribution in [0.3, 0.4) is 0 Å². The van der Waals surface area contributed by atoms with Gasteiger partial charge in [0.15, 0.2) is 0 Å². The maximum absolute atomic E-state index is 12.6. The number of aryl methyl sites for hydroxylation is 1. The number of amides is 2. The van der Waals surface area contributed by atoms with Crippen molar-refractivity contribution in [3.05, 3.63) is 23.9 Å². The molecule has 1 aliphatic rings. The molecule has 0 aliphatic carbocycles. The van der Waals surface area contributed by atoms with Crippen LogP contribution in [0.5, 0.6) is 0 Å². The van der Waals surface area contributed by atoms with Crippen LogP contribution < -0.4 is 11.1 Å². The quantitative estimate of drug-likeness (QED) is 0.810. The van der Waals surface area contributed by atoms with Crippen LogP contribution in [0.1, 0.15) is 39.3 Å². The Morgan fingerprint density at radius 3 is 2.54 bits per heavy atom. The van der Waals surface area contributed by atoms with Crippen LogP contribution in [0, 0.1) is 18.3 Å². The number of anilines is 1. The number of hydrogen-bond acceptors (Lipinski definition) is 4. The van der Waals surface area contributed by atoms with Crippen molar-refractivity contribution in [1.29, 1.82) is 0 Å². The van der Waals surface area contributed by atoms with E-state index in [9.17, 15) is 9.59 Å². The molecule has 6 nitrogen and oxygen atoms in total. The third-order valence-corrected chi connectivity index (χ3v) is 4.44. The number of likely N-dealkylation sites (tertiary alicyclic amines) is 1. The smallest absolute Gasteiger partial charge is 0.240 e. The first-order valence-corrected chi connectivity index (χ1v) is 8.47. The Kier molecular flexibility index (Phi) is 9.56. The lowest BCUT2D eigenvalue weighted by Gasteiger charge is -2.36. The molecule has 1 aromatic heterocycles. The van der Waals surface area contributed by atoms with Crippen LogP contribution in [-0.2, 0) is 9.59 Å². The Labute approximate surface area is 168 Å². The molecule has 1 saturated heterocycles. The zero-order chi connectivity index (χ0) is 17.9. The molecule has 0 bridgehead atoms. The van der Waals surface area contributed by atoms with Crippen molar-refractivity contribution in [2.75, 3.05) is 18.4 Å². The summed E-state index contributed by atoms with van der Waals surface area (Å²) in [7, 11) is 0. The lowest BCUT2D eigenvalue weighted by atomic mass is 9.85. The number of hydrogen-bond donors (Lipinski definition) is 2. The monoisotopic (exact) mass is 404 g/mol. The van der Waals surface area contributed by atoms with Gasteiger partial charge in [-0.2, -0.15) is 0 Å². The lowest BCUT2D eigenvalue weighted by molar-refractivity contribution is -0.138. The van der Waals surface area contributed by atoms with E-state index >= 15 is 0 Å². The normalized spacial score (nSPS) is 18.2. The fraction of sp³-hybridized carbons (Fsp3) is 0.611. The van der Waals surface area contributed by atoms with Gasteiger partial charge in [0, 0.05) is 18.8 Å². The minimum Gasteiger partial charge on any atom is -0.341 e. The second kappa shape index (κ2) is 10.1. The molecular weight excluding hydrogens is 375 g/mol. The molecule has 8 heteroatoms. The number of piperidine rings is 1. The van der Waals surface area contributed by atoms with E-state index in [1.54, 1.807) is 11.0 Å². The molecule has 0 saturated carbocycles. The zero-order valence-corrected chi connectivity index (χ0v) is 17.5. The van der Waals surface area contributed by atoms with Gasteiger partial charge in [0.2, 0.25) is 11.8 Å². The van der Waals surface area contributed by atoms with E-state index in [-0.39, 0.29) is 48.0 Å². The number of pyridine rings is 1. The van der Waals surface area contributed by atoms with E-state index in [0.717, 1.165) is 18.5 Å². The van der Waals surface area contributed by atoms with Gasteiger partial charge in [-0.3, -0.25) is 9.59 Å². The molecule has 1 fully saturated rings. The maximum Gasteiger partial charge on any atom is 0.240 e. The topological polar surface area (TPSA) is 88.3 Å². The summed E-state index contributed by atoms with van der Waals surface area (Å²) >= 11 is 0. The van der Waals surface area contributed by atoms with Gasteiger partial charge in [0.05, 0.1) is 12.0 Å². The molecule has 1 unspecified atom stereocenters. The second-order valence-corrected chi connectivity index (χ2v) is 7.62. The molecule has 26 heavy (non-hydrogen) atoms. The first-order chi connectivity index (χ1) is 11.2. The fourth-order valence-electron chi connectivity index (χ4n) is 2.80. The first-order valence-electron chi connectivity index (χ1n) is 8.47. The van der Waals surface area contributed by atoms with E-state index in [1.807, 2.05) is 39.8 Å². The molecular formula is C18H30Cl2N4O2. The predicted molar refractivity (Wildman–Crippen MR) is 109 cm³/mol. The number of aromatic nitrogens is 1. The van der Waals surface area contributed by atoms with Crippen LogP contribution in [0.2, 0.25) is 0 Å². The molecule has 3 N–H and O–H groups in total. The molecule has 0 spiro atoms. The van der Waals surface area contributed by atoms with Crippen molar-refractivity contribution in [2.24, 2.45) is 17.1 Å². The minimum absolute atomic E-state index is 0. The van der Waals surface area contributed by atoms with Crippen LogP contribution in [0.25, 0.3) is 0 Å². The summed E-state index contributed by atoms with van der Waals surface area (Å²) in [5, 5.41) is 2.85. The van der Waals surface area contributed by atoms with Gasteiger partial charge in [-0.25, -0.2) is 4.98 Å². The van der Waals surface area contributed by atoms with Gasteiger partial charge in [-0.15, -0.1) is 24.8 Å². The highest BCUT2D eigenvalue weighted by Gasteiger charge is 2.35. The van der Waals surface area contributed by atoms with Gasteiger partial charge >= 0.3 is 0 Å². The average Bonchev–Trinajstić information content (AvgIpc) is 2.52. The van der Waals surface area contributed by atoms with Crippen molar-refractivity contribution in [3.8, 4) is 0 Å². The number of nitrogens with zero attached hydrogens (tertiary/aromatic N) is 2. The number of rotatable bonds is 3. The maximum atomic E-state index is 12.6. The summed E-state index contributed by atoms with van der Waals surface area (Å²) in [6, 6.07) is 4.95. The zero-order valence-electron chi connectivity index (χ0n) is 15.8. The second-order valence-electron chi connectivity index (χ2n) is 7.62. The van der Waals surface area contributed by atoms with Gasteiger partial charge < -0.3 is 16.0 Å². The standard InChI is InChI=1S/C18H28N4O2.2ClH/c1-12-7-5-9-14(20-12)21-16(23)13-8-6-10-22(11-13)17(24)15(19)18(2,3)4;;/h5,7,9,13,15H,6,8,10-11,19H2,1-4H3,(H,20,21,23);2*1H/t13?,15-;;/m1../s1. The van der Waals surface area contributed by atoms with E-state index in [0.29, 0.717) is 18.9 Å². The highest BCUT2D eigenvalue weighted by Crippen LogP contribution is 2.23. The molecule has 1 aliphatic heterocycles. The fourth-order valence-corrected chi connectivity index (χ4v) is 2.80. The van der Waals surface area contributed by atoms with E-state index < -0.39 is 6.04 Å². The van der Waals surface area contributed by atoms with E-state index in [2.05, 4.69) is 10.3 Å². The van der Waals surface area contributed by atoms with Crippen molar-refractivity contribution in [3.63, 3.8) is 0 Å². The Balaban J connectivity index is 0.00000312. The molecule has 0 radical (unpaired) electrons. The molecule has 2 amide bonds. The van der Waals surface area contributed by atoms with Crippen LogP contribution in [0.4, 0.5) is 5.82 Å². The van der Waals surface area contributed by atoms with E-state index in [4.69, 9.17) is 5.73 Å². The minimum atomic E-state index is -0.558. The van der Waals surface area contributed by atoms with E-state index in [1.165, 1.54) is 0 Å². The number of halogens is 2. The van der Waals surface area contributed by atoms with Gasteiger partial charge in [-0.1, -0.05) is 26.8 Å². The summed E-state index contributed by atoms with van der Waals surface area (Å²) in [5.74, 6) is 0.163. The Hall–Kier alpha value is -1.37. The largest absolute Gasteiger partial charge is 0.341 e. The Morgan fingerprint density at radius 1 is 1.31 bits per heavy atom. The van der Waals surface area contributed by atoms with Crippen molar-refractivity contribution in [2.45, 2.75) is 46.6 Å². The summed E-state index contributed by atoms with van der Waals surface area (Å²) in [6.07, 6.45) is 1.58. The SMILES string of the molecule is Cc1cccc(NC(=O)C2CCCN(C(=O)[C@@H](N)C(C)(C)C)C2)n1.Cl.Cl. The van der Waals surface area contributed by atoms with Crippen LogP contribution >= 0.6 is 24.8 Å². The van der Waals surface area contributed by atoms with Gasteiger partial charge in [0.1, 0.15) is 5.82 Å². The third kappa shape index (κ3) is 6.41. The van der Waals surface area contributed by atoms with Crippen molar-refractivity contribution in [1.82, 2.24) is 9.88 Å². The average molecular weight is 405 g/mol. The number of nitrogens with one attached hydrogen (secondary N) is 1. The highest BCUT2D eigenvalue weighted by molar-refractivity contribution is 5.92. The van der Waals surface area contributed by atoms with Crippen LogP contribution in [-0.4, -0.2) is 40.8 Å². The molecule has 2 atom stereocenters. The third-order valence-electron chi connectivity index (χ3n) is 4.44. The Bertz CT molecular complexity index is 619. The summed E-state index contributed by atoms with van der Waals surface area (Å²) in [6.45, 7) is 8.81. The molecule has 1 aromatic rings. The van der Waals surface area contributed by atoms with Gasteiger partial charge in [0.25, 0.3) is 0 Å². The molecule has 2 heterocycles. The lowest BCUT2D eigenvalue weighted by Crippen LogP contribution is -2.54. The molecule has 0 aromatic carbocycles. The molecule has 148 valence electrons. The predicted octanol–water partition coefficient (Wildman–Crippen LogP) is 2.78. The van der Waals surface area contributed by atoms with Gasteiger partial charge in [-0.05, 0) is 37.3 Å². The molecule has 2 rings (SSSR count). The number of carbonyl (C=O) groups excluding carboxylic acids is 2. The Morgan fingerprint density at radius 2 is 1.96 bits per heavy atom. The summed E-state index contributed by atoms with van der Waals surface area (Å²) < 4.78 is 0. The summed E-state index contributed by atoms with van der Waals surface area (Å²) in [4.78, 5) is 31.1.